The van der Waals surface area contributed by atoms with Gasteiger partial charge in [0.1, 0.15) is 11.2 Å². The van der Waals surface area contributed by atoms with Crippen LogP contribution in [0, 0.1) is 0 Å². The van der Waals surface area contributed by atoms with Crippen molar-refractivity contribution in [2.75, 3.05) is 0 Å². The summed E-state index contributed by atoms with van der Waals surface area (Å²) in [6, 6.07) is 69.8. The van der Waals surface area contributed by atoms with Crippen LogP contribution in [0.1, 0.15) is 22.3 Å². The molecule has 0 saturated carbocycles. The third-order valence-electron chi connectivity index (χ3n) is 11.9. The number of hydrogen-bond donors (Lipinski definition) is 0. The van der Waals surface area contributed by atoms with E-state index < -0.39 is 5.41 Å². The Morgan fingerprint density at radius 2 is 0.857 bits per heavy atom. The Balaban J connectivity index is 1.12. The van der Waals surface area contributed by atoms with Gasteiger partial charge in [0, 0.05) is 27.5 Å². The number of fused-ring (bicyclic) bond motifs is 15. The minimum absolute atomic E-state index is 0.528. The van der Waals surface area contributed by atoms with E-state index in [9.17, 15) is 0 Å². The molecule has 2 aromatic heterocycles. The van der Waals surface area contributed by atoms with E-state index in [0.29, 0.717) is 5.82 Å². The predicted octanol–water partition coefficient (Wildman–Crippen LogP) is 13.4. The molecule has 0 radical (unpaired) electrons. The number of hydrogen-bond acceptors (Lipinski definition) is 3. The Morgan fingerprint density at radius 1 is 0.339 bits per heavy atom. The zero-order valence-corrected chi connectivity index (χ0v) is 30.3. The molecule has 0 saturated heterocycles. The topological polar surface area (TPSA) is 38.9 Å². The number of furan rings is 1. The smallest absolute Gasteiger partial charge is 0.160 e. The van der Waals surface area contributed by atoms with Gasteiger partial charge in [-0.3, -0.25) is 0 Å². The van der Waals surface area contributed by atoms with E-state index in [2.05, 4.69) is 164 Å². The first kappa shape index (κ1) is 31.0. The quantitative estimate of drug-likeness (QED) is 0.183. The van der Waals surface area contributed by atoms with E-state index in [0.717, 1.165) is 50.0 Å². The standard InChI is InChI=1S/C53H32N2O/c1-2-15-33(16-3-1)52-54-48(32-49(55-52)42-24-14-23-41-40-22-9-13-28-50(40)56-51(41)42)34-29-30-47-43(31-34)39-21-8-12-27-46(39)53(47)44-25-10-6-19-37(44)35-17-4-5-18-36(35)38-20-7-11-26-45(38)53/h1-32H. The zero-order valence-electron chi connectivity index (χ0n) is 30.3. The predicted molar refractivity (Wildman–Crippen MR) is 227 cm³/mol. The summed E-state index contributed by atoms with van der Waals surface area (Å²) in [5, 5.41) is 2.17. The summed E-state index contributed by atoms with van der Waals surface area (Å²) in [5.41, 5.74) is 18.5. The van der Waals surface area contributed by atoms with Gasteiger partial charge in [-0.2, -0.15) is 0 Å². The highest BCUT2D eigenvalue weighted by atomic mass is 16.3. The van der Waals surface area contributed by atoms with Crippen molar-refractivity contribution in [1.82, 2.24) is 9.97 Å². The van der Waals surface area contributed by atoms with Gasteiger partial charge in [0.25, 0.3) is 0 Å². The molecule has 12 rings (SSSR count). The summed E-state index contributed by atoms with van der Waals surface area (Å²) >= 11 is 0. The van der Waals surface area contributed by atoms with Crippen LogP contribution in [0.5, 0.6) is 0 Å². The van der Waals surface area contributed by atoms with Crippen LogP contribution in [-0.4, -0.2) is 9.97 Å². The van der Waals surface area contributed by atoms with Gasteiger partial charge in [-0.15, -0.1) is 0 Å². The SMILES string of the molecule is c1ccc(-c2nc(-c3ccc4c(c3)-c3ccccc3C43c4ccccc4-c4ccccc4-c4ccccc43)cc(-c3cccc4c3oc3ccccc34)n2)cc1. The first-order chi connectivity index (χ1) is 27.8. The van der Waals surface area contributed by atoms with Gasteiger partial charge >= 0.3 is 0 Å². The number of para-hydroxylation sites is 2. The Kier molecular flexibility index (Phi) is 6.55. The monoisotopic (exact) mass is 712 g/mol. The van der Waals surface area contributed by atoms with Crippen molar-refractivity contribution < 1.29 is 4.42 Å². The Morgan fingerprint density at radius 3 is 1.55 bits per heavy atom. The van der Waals surface area contributed by atoms with Gasteiger partial charge in [0.15, 0.2) is 5.82 Å². The first-order valence-corrected chi connectivity index (χ1v) is 19.2. The lowest BCUT2D eigenvalue weighted by molar-refractivity contribution is 0.670. The van der Waals surface area contributed by atoms with E-state index in [4.69, 9.17) is 14.4 Å². The molecular formula is C53H32N2O. The molecule has 0 aliphatic heterocycles. The minimum atomic E-state index is -0.528. The van der Waals surface area contributed by atoms with Crippen molar-refractivity contribution >= 4 is 21.9 Å². The molecule has 2 aliphatic rings. The fourth-order valence-electron chi connectivity index (χ4n) is 9.61. The second-order valence-electron chi connectivity index (χ2n) is 14.8. The molecule has 3 nitrogen and oxygen atoms in total. The van der Waals surface area contributed by atoms with Crippen molar-refractivity contribution in [3.05, 3.63) is 216 Å². The van der Waals surface area contributed by atoms with Crippen LogP contribution in [0.25, 0.3) is 89.2 Å². The van der Waals surface area contributed by atoms with Crippen molar-refractivity contribution in [1.29, 1.82) is 0 Å². The largest absolute Gasteiger partial charge is 0.455 e. The molecule has 0 bridgehead atoms. The molecule has 2 heterocycles. The van der Waals surface area contributed by atoms with Gasteiger partial charge in [0.2, 0.25) is 0 Å². The van der Waals surface area contributed by atoms with E-state index >= 15 is 0 Å². The molecule has 0 N–H and O–H groups in total. The maximum absolute atomic E-state index is 6.52. The van der Waals surface area contributed by atoms with Crippen LogP contribution in [0.3, 0.4) is 0 Å². The van der Waals surface area contributed by atoms with Gasteiger partial charge in [0.05, 0.1) is 16.8 Å². The first-order valence-electron chi connectivity index (χ1n) is 19.2. The summed E-state index contributed by atoms with van der Waals surface area (Å²) in [6.45, 7) is 0. The molecule has 3 heteroatoms. The van der Waals surface area contributed by atoms with Gasteiger partial charge in [-0.1, -0.05) is 170 Å². The van der Waals surface area contributed by atoms with Crippen LogP contribution >= 0.6 is 0 Å². The van der Waals surface area contributed by atoms with Crippen LogP contribution in [0.15, 0.2) is 199 Å². The second-order valence-corrected chi connectivity index (χ2v) is 14.8. The highest BCUT2D eigenvalue weighted by molar-refractivity contribution is 6.09. The molecular weight excluding hydrogens is 681 g/mol. The molecule has 0 fully saturated rings. The van der Waals surface area contributed by atoms with Crippen molar-refractivity contribution in [3.63, 3.8) is 0 Å². The maximum atomic E-state index is 6.52. The van der Waals surface area contributed by atoms with Crippen molar-refractivity contribution in [2.24, 2.45) is 0 Å². The minimum Gasteiger partial charge on any atom is -0.455 e. The van der Waals surface area contributed by atoms with E-state index in [1.165, 1.54) is 55.6 Å². The van der Waals surface area contributed by atoms with Gasteiger partial charge in [-0.25, -0.2) is 9.97 Å². The molecule has 8 aromatic carbocycles. The summed E-state index contributed by atoms with van der Waals surface area (Å²) in [5.74, 6) is 0.674. The Hall–Kier alpha value is -7.36. The number of aromatic nitrogens is 2. The third kappa shape index (κ3) is 4.28. The fraction of sp³-hybridized carbons (Fsp3) is 0.0189. The zero-order chi connectivity index (χ0) is 36.8. The molecule has 0 atom stereocenters. The summed E-state index contributed by atoms with van der Waals surface area (Å²) in [7, 11) is 0. The number of nitrogens with zero attached hydrogens (tertiary/aromatic N) is 2. The van der Waals surface area contributed by atoms with E-state index in [1.807, 2.05) is 30.3 Å². The average molecular weight is 713 g/mol. The molecule has 10 aromatic rings. The van der Waals surface area contributed by atoms with Crippen LogP contribution in [0.2, 0.25) is 0 Å². The average Bonchev–Trinajstić information content (AvgIpc) is 3.77. The number of benzene rings is 8. The molecule has 0 amide bonds. The normalized spacial score (nSPS) is 13.1. The van der Waals surface area contributed by atoms with Gasteiger partial charge < -0.3 is 4.42 Å². The molecule has 0 unspecified atom stereocenters. The van der Waals surface area contributed by atoms with E-state index in [-0.39, 0.29) is 0 Å². The third-order valence-corrected chi connectivity index (χ3v) is 11.9. The van der Waals surface area contributed by atoms with Gasteiger partial charge in [-0.05, 0) is 79.9 Å². The Labute approximate surface area is 324 Å². The van der Waals surface area contributed by atoms with Crippen LogP contribution in [-0.2, 0) is 5.41 Å². The fourth-order valence-corrected chi connectivity index (χ4v) is 9.61. The maximum Gasteiger partial charge on any atom is 0.160 e. The van der Waals surface area contributed by atoms with E-state index in [1.54, 1.807) is 0 Å². The van der Waals surface area contributed by atoms with Crippen molar-refractivity contribution in [3.8, 4) is 67.3 Å². The van der Waals surface area contributed by atoms with Crippen molar-refractivity contribution in [2.45, 2.75) is 5.41 Å². The highest BCUT2D eigenvalue weighted by Crippen LogP contribution is 2.61. The van der Waals surface area contributed by atoms with Crippen LogP contribution in [0.4, 0.5) is 0 Å². The summed E-state index contributed by atoms with van der Waals surface area (Å²) in [4.78, 5) is 10.5. The lowest BCUT2D eigenvalue weighted by Gasteiger charge is -2.35. The molecule has 1 spiro atoms. The molecule has 2 aliphatic carbocycles. The molecule has 260 valence electrons. The lowest BCUT2D eigenvalue weighted by Crippen LogP contribution is -2.29. The highest BCUT2D eigenvalue weighted by Gasteiger charge is 2.49. The summed E-state index contributed by atoms with van der Waals surface area (Å²) < 4.78 is 6.52. The molecule has 56 heavy (non-hydrogen) atoms. The Bertz CT molecular complexity index is 3140. The second kappa shape index (κ2) is 11.8. The lowest BCUT2D eigenvalue weighted by atomic mass is 9.66. The van der Waals surface area contributed by atoms with Crippen LogP contribution < -0.4 is 0 Å². The number of rotatable bonds is 3. The summed E-state index contributed by atoms with van der Waals surface area (Å²) in [6.07, 6.45) is 0.